The van der Waals surface area contributed by atoms with Crippen molar-refractivity contribution < 1.29 is 13.5 Å². The third-order valence-electron chi connectivity index (χ3n) is 5.92. The Morgan fingerprint density at radius 1 is 1.13 bits per heavy atom. The maximum Gasteiger partial charge on any atom is 0.295 e. The van der Waals surface area contributed by atoms with Crippen LogP contribution in [0.3, 0.4) is 0 Å². The number of benzene rings is 2. The molecule has 0 spiro atoms. The predicted molar refractivity (Wildman–Crippen MR) is 162 cm³/mol. The van der Waals surface area contributed by atoms with E-state index in [1.807, 2.05) is 74.7 Å². The van der Waals surface area contributed by atoms with Crippen LogP contribution in [-0.2, 0) is 11.3 Å². The molecule has 0 radical (unpaired) electrons. The average molecular weight is 666 g/mol. The summed E-state index contributed by atoms with van der Waals surface area (Å²) in [5, 5.41) is 6.78. The van der Waals surface area contributed by atoms with Gasteiger partial charge in [-0.1, -0.05) is 30.3 Å². The van der Waals surface area contributed by atoms with Crippen molar-refractivity contribution in [3.63, 3.8) is 0 Å². The van der Waals surface area contributed by atoms with E-state index in [4.69, 9.17) is 4.74 Å². The van der Waals surface area contributed by atoms with Gasteiger partial charge in [0.25, 0.3) is 6.43 Å². The van der Waals surface area contributed by atoms with Crippen LogP contribution in [0.2, 0.25) is 0 Å². The first-order chi connectivity index (χ1) is 18.3. The third-order valence-corrected chi connectivity index (χ3v) is 8.76. The van der Waals surface area contributed by atoms with Crippen LogP contribution in [0.15, 0.2) is 64.5 Å². The molecule has 1 atom stereocenters. The zero-order chi connectivity index (χ0) is 26.9. The van der Waals surface area contributed by atoms with Gasteiger partial charge in [-0.25, -0.2) is 23.7 Å². The van der Waals surface area contributed by atoms with Gasteiger partial charge in [-0.2, -0.15) is 0 Å². The first-order valence-corrected chi connectivity index (χ1v) is 17.1. The SMILES string of the molecule is CSc1cc(C2=NC(C)(C)CO2)ccc1Nc1cc(NCc2ccccc2)nc2c1nc(C(F)F)n2PI. The van der Waals surface area contributed by atoms with Crippen molar-refractivity contribution in [1.82, 2.24) is 14.3 Å². The van der Waals surface area contributed by atoms with Gasteiger partial charge in [-0.05, 0) is 65.9 Å². The van der Waals surface area contributed by atoms with Crippen LogP contribution in [0.25, 0.3) is 11.2 Å². The first-order valence-electron chi connectivity index (χ1n) is 11.8. The number of rotatable bonds is 9. The number of fused-ring (bicyclic) bond motifs is 1. The molecule has 7 nitrogen and oxygen atoms in total. The molecule has 2 aromatic carbocycles. The van der Waals surface area contributed by atoms with Crippen molar-refractivity contribution in [2.75, 3.05) is 23.5 Å². The Balaban J connectivity index is 1.54. The molecule has 198 valence electrons. The second kappa shape index (κ2) is 11.3. The van der Waals surface area contributed by atoms with Crippen LogP contribution in [0.4, 0.5) is 26.0 Å². The molecular weight excluding hydrogens is 640 g/mol. The zero-order valence-corrected chi connectivity index (χ0v) is 24.9. The van der Waals surface area contributed by atoms with Crippen molar-refractivity contribution >= 4 is 74.4 Å². The molecule has 1 aliphatic heterocycles. The normalized spacial score (nSPS) is 14.9. The smallest absolute Gasteiger partial charge is 0.295 e. The molecule has 5 rings (SSSR count). The fourth-order valence-corrected chi connectivity index (χ4v) is 6.55. The average Bonchev–Trinajstić information content (AvgIpc) is 3.48. The van der Waals surface area contributed by atoms with Gasteiger partial charge >= 0.3 is 0 Å². The molecule has 38 heavy (non-hydrogen) atoms. The molecular formula is C26H26F2IN6OPS. The van der Waals surface area contributed by atoms with E-state index in [1.54, 1.807) is 11.8 Å². The molecule has 0 saturated carbocycles. The molecule has 0 bridgehead atoms. The van der Waals surface area contributed by atoms with Crippen LogP contribution >= 0.6 is 40.2 Å². The van der Waals surface area contributed by atoms with E-state index in [-0.39, 0.29) is 17.7 Å². The number of hydrogen-bond acceptors (Lipinski definition) is 7. The van der Waals surface area contributed by atoms with Crippen LogP contribution in [0.1, 0.15) is 37.2 Å². The molecule has 1 aliphatic rings. The summed E-state index contributed by atoms with van der Waals surface area (Å²) < 4.78 is 35.1. The van der Waals surface area contributed by atoms with Gasteiger partial charge in [0.05, 0.1) is 23.3 Å². The van der Waals surface area contributed by atoms with Gasteiger partial charge in [0.1, 0.15) is 17.9 Å². The fraction of sp³-hybridized carbons (Fsp3) is 0.269. The highest BCUT2D eigenvalue weighted by atomic mass is 127. The minimum absolute atomic E-state index is 0.0243. The molecule has 12 heteroatoms. The fourth-order valence-electron chi connectivity index (χ4n) is 4.07. The predicted octanol–water partition coefficient (Wildman–Crippen LogP) is 7.79. The third kappa shape index (κ3) is 5.74. The number of nitrogens with zero attached hydrogens (tertiary/aromatic N) is 4. The highest BCUT2D eigenvalue weighted by Gasteiger charge is 2.27. The lowest BCUT2D eigenvalue weighted by atomic mass is 10.1. The van der Waals surface area contributed by atoms with Crippen molar-refractivity contribution in [2.45, 2.75) is 37.3 Å². The highest BCUT2D eigenvalue weighted by Crippen LogP contribution is 2.39. The topological polar surface area (TPSA) is 76.4 Å². The van der Waals surface area contributed by atoms with Crippen LogP contribution in [-0.4, -0.2) is 38.6 Å². The molecule has 0 aliphatic carbocycles. The lowest BCUT2D eigenvalue weighted by Crippen LogP contribution is -2.17. The summed E-state index contributed by atoms with van der Waals surface area (Å²) in [4.78, 5) is 14.6. The number of alkyl halides is 2. The van der Waals surface area contributed by atoms with E-state index in [9.17, 15) is 8.78 Å². The molecule has 1 unspecified atom stereocenters. The van der Waals surface area contributed by atoms with E-state index < -0.39 is 6.43 Å². The van der Waals surface area contributed by atoms with Gasteiger partial charge in [0, 0.05) is 23.1 Å². The number of hydrogen-bond donors (Lipinski definition) is 2. The quantitative estimate of drug-likeness (QED) is 0.108. The number of aliphatic imine (C=N–C) groups is 1. The summed E-state index contributed by atoms with van der Waals surface area (Å²) >= 11 is 3.65. The lowest BCUT2D eigenvalue weighted by molar-refractivity contribution is 0.140. The number of imidazole rings is 1. The molecule has 3 heterocycles. The van der Waals surface area contributed by atoms with Crippen LogP contribution in [0.5, 0.6) is 0 Å². The molecule has 4 aromatic rings. The van der Waals surface area contributed by atoms with Crippen molar-refractivity contribution in [1.29, 1.82) is 0 Å². The van der Waals surface area contributed by atoms with E-state index in [1.165, 1.54) is 4.34 Å². The van der Waals surface area contributed by atoms with E-state index in [2.05, 4.69) is 47.6 Å². The lowest BCUT2D eigenvalue weighted by Gasteiger charge is -2.14. The molecule has 0 amide bonds. The number of halogens is 3. The van der Waals surface area contributed by atoms with Crippen LogP contribution < -0.4 is 10.6 Å². The molecule has 2 N–H and O–H groups in total. The van der Waals surface area contributed by atoms with Gasteiger partial charge in [-0.15, -0.1) is 11.8 Å². The number of ether oxygens (including phenoxy) is 1. The second-order valence-corrected chi connectivity index (χ2v) is 12.2. The minimum atomic E-state index is -2.71. The largest absolute Gasteiger partial charge is 0.475 e. The van der Waals surface area contributed by atoms with Crippen molar-refractivity contribution in [3.05, 3.63) is 71.5 Å². The Bertz CT molecular complexity index is 1500. The van der Waals surface area contributed by atoms with E-state index >= 15 is 0 Å². The summed E-state index contributed by atoms with van der Waals surface area (Å²) in [6.07, 6.45) is -0.699. The standard InChI is InChI=1S/C26H26F2IN6OPS/c1-26(2)14-36-25(34-26)16-9-10-17(19(11-16)38-3)31-18-12-20(30-13-15-7-5-4-6-8-15)32-23-21(18)33-24(22(27)28)35(23)37-29/h4-12,22,37H,13-14H2,1-3H3,(H2,30,31,32). The number of pyridine rings is 1. The molecule has 0 saturated heterocycles. The Morgan fingerprint density at radius 3 is 2.58 bits per heavy atom. The summed E-state index contributed by atoms with van der Waals surface area (Å²) in [5.74, 6) is 0.903. The van der Waals surface area contributed by atoms with Gasteiger partial charge in [0.15, 0.2) is 11.5 Å². The monoisotopic (exact) mass is 666 g/mol. The molecule has 2 aromatic heterocycles. The Kier molecular flexibility index (Phi) is 8.06. The Morgan fingerprint density at radius 2 is 1.92 bits per heavy atom. The zero-order valence-electron chi connectivity index (χ0n) is 20.9. The maximum atomic E-state index is 13.9. The van der Waals surface area contributed by atoms with Crippen LogP contribution in [0, 0.1) is 0 Å². The number of thioether (sulfide) groups is 1. The Labute approximate surface area is 238 Å². The Hall–Kier alpha value is -2.50. The maximum absolute atomic E-state index is 13.9. The van der Waals surface area contributed by atoms with E-state index in [0.717, 1.165) is 21.7 Å². The number of aromatic nitrogens is 3. The van der Waals surface area contributed by atoms with Crippen molar-refractivity contribution in [3.8, 4) is 0 Å². The summed E-state index contributed by atoms with van der Waals surface area (Å²) in [5.41, 5.74) is 3.96. The van der Waals surface area contributed by atoms with Gasteiger partial charge < -0.3 is 15.4 Å². The number of nitrogens with one attached hydrogen (secondary N) is 2. The second-order valence-electron chi connectivity index (χ2n) is 9.32. The van der Waals surface area contributed by atoms with Gasteiger partial charge in [0.2, 0.25) is 5.90 Å². The number of anilines is 3. The summed E-state index contributed by atoms with van der Waals surface area (Å²) in [7, 11) is 0. The van der Waals surface area contributed by atoms with Gasteiger partial charge in [-0.3, -0.25) is 4.34 Å². The highest BCUT2D eigenvalue weighted by molar-refractivity contribution is 14.2. The molecule has 0 fully saturated rings. The first kappa shape index (κ1) is 27.1. The van der Waals surface area contributed by atoms with Crippen molar-refractivity contribution in [2.24, 2.45) is 4.99 Å². The minimum Gasteiger partial charge on any atom is -0.475 e. The summed E-state index contributed by atoms with van der Waals surface area (Å²) in [6, 6.07) is 17.7. The summed E-state index contributed by atoms with van der Waals surface area (Å²) in [6.45, 7) is 5.15. The van der Waals surface area contributed by atoms with E-state index in [0.29, 0.717) is 41.7 Å².